The van der Waals surface area contributed by atoms with Crippen LogP contribution < -0.4 is 5.32 Å². The summed E-state index contributed by atoms with van der Waals surface area (Å²) < 4.78 is 5.37. The first-order valence-electron chi connectivity index (χ1n) is 11.9. The predicted molar refractivity (Wildman–Crippen MR) is 140 cm³/mol. The fourth-order valence-electron chi connectivity index (χ4n) is 4.02. The number of carbonyl (C=O) groups is 3. The van der Waals surface area contributed by atoms with Crippen molar-refractivity contribution in [3.05, 3.63) is 107 Å². The van der Waals surface area contributed by atoms with Crippen LogP contribution in [0.2, 0.25) is 0 Å². The van der Waals surface area contributed by atoms with E-state index in [2.05, 4.69) is 31.1 Å². The van der Waals surface area contributed by atoms with Crippen LogP contribution in [0.5, 0.6) is 0 Å². The van der Waals surface area contributed by atoms with Gasteiger partial charge in [0.15, 0.2) is 12.4 Å². The van der Waals surface area contributed by atoms with Gasteiger partial charge in [0.2, 0.25) is 0 Å². The zero-order valence-corrected chi connectivity index (χ0v) is 20.7. The molecule has 3 aromatic carbocycles. The van der Waals surface area contributed by atoms with Crippen LogP contribution in [-0.4, -0.2) is 35.3 Å². The van der Waals surface area contributed by atoms with Crippen LogP contribution in [0.15, 0.2) is 85.1 Å². The summed E-state index contributed by atoms with van der Waals surface area (Å²) in [5.74, 6) is -1.35. The highest BCUT2D eigenvalue weighted by molar-refractivity contribution is 5.99. The number of ether oxygens (including phenoxy) is 1. The summed E-state index contributed by atoms with van der Waals surface area (Å²) in [4.78, 5) is 41.8. The van der Waals surface area contributed by atoms with Crippen molar-refractivity contribution in [1.82, 2.24) is 10.3 Å². The molecule has 0 aliphatic carbocycles. The fraction of sp³-hybridized carbons (Fsp3) is 0.233. The quantitative estimate of drug-likeness (QED) is 0.266. The van der Waals surface area contributed by atoms with Gasteiger partial charge in [-0.15, -0.1) is 0 Å². The fourth-order valence-corrected chi connectivity index (χ4v) is 4.02. The Labute approximate surface area is 210 Å². The lowest BCUT2D eigenvalue weighted by atomic mass is 9.86. The van der Waals surface area contributed by atoms with Gasteiger partial charge in [0.05, 0.1) is 0 Å². The average Bonchev–Trinajstić information content (AvgIpc) is 3.29. The molecule has 0 bridgehead atoms. The van der Waals surface area contributed by atoms with Gasteiger partial charge < -0.3 is 15.0 Å². The summed E-state index contributed by atoms with van der Waals surface area (Å²) in [5, 5.41) is 3.78. The molecule has 1 heterocycles. The van der Waals surface area contributed by atoms with Crippen LogP contribution >= 0.6 is 0 Å². The van der Waals surface area contributed by atoms with Gasteiger partial charge in [-0.3, -0.25) is 9.59 Å². The van der Waals surface area contributed by atoms with Gasteiger partial charge in [-0.05, 0) is 34.7 Å². The SMILES string of the molecule is CC(C)(C)c1ccc(C(=O)N[C@@H](Cc2c[nH]c3ccccc23)C(=O)OCC(=O)c2ccccc2)cc1. The van der Waals surface area contributed by atoms with Gasteiger partial charge in [0.1, 0.15) is 6.04 Å². The van der Waals surface area contributed by atoms with E-state index in [4.69, 9.17) is 4.74 Å². The minimum atomic E-state index is -0.970. The summed E-state index contributed by atoms with van der Waals surface area (Å²) in [6.07, 6.45) is 2.04. The average molecular weight is 483 g/mol. The van der Waals surface area contributed by atoms with Crippen molar-refractivity contribution in [3.8, 4) is 0 Å². The summed E-state index contributed by atoms with van der Waals surface area (Å²) in [6.45, 7) is 5.91. The number of Topliss-reactive ketones (excluding diaryl/α,β-unsaturated/α-hetero) is 1. The van der Waals surface area contributed by atoms with Crippen molar-refractivity contribution in [2.45, 2.75) is 38.6 Å². The first-order chi connectivity index (χ1) is 17.2. The van der Waals surface area contributed by atoms with Gasteiger partial charge in [-0.1, -0.05) is 81.4 Å². The normalized spacial score (nSPS) is 12.2. The third-order valence-corrected chi connectivity index (χ3v) is 6.14. The predicted octanol–water partition coefficient (Wildman–Crippen LogP) is 5.23. The molecule has 0 unspecified atom stereocenters. The van der Waals surface area contributed by atoms with Crippen LogP contribution in [0.4, 0.5) is 0 Å². The number of benzene rings is 3. The molecule has 2 N–H and O–H groups in total. The first kappa shape index (κ1) is 24.9. The van der Waals surface area contributed by atoms with E-state index in [0.717, 1.165) is 22.0 Å². The number of hydrogen-bond donors (Lipinski definition) is 2. The number of H-pyrrole nitrogens is 1. The molecule has 0 spiro atoms. The summed E-state index contributed by atoms with van der Waals surface area (Å²) in [5.41, 5.74) is 3.77. The van der Waals surface area contributed by atoms with Gasteiger partial charge in [-0.25, -0.2) is 4.79 Å². The molecule has 1 amide bonds. The minimum absolute atomic E-state index is 0.0397. The van der Waals surface area contributed by atoms with Crippen LogP contribution in [0.25, 0.3) is 10.9 Å². The highest BCUT2D eigenvalue weighted by atomic mass is 16.5. The minimum Gasteiger partial charge on any atom is -0.456 e. The van der Waals surface area contributed by atoms with Crippen molar-refractivity contribution < 1.29 is 19.1 Å². The van der Waals surface area contributed by atoms with E-state index in [0.29, 0.717) is 11.1 Å². The maximum absolute atomic E-state index is 13.1. The summed E-state index contributed by atoms with van der Waals surface area (Å²) >= 11 is 0. The molecule has 6 heteroatoms. The highest BCUT2D eigenvalue weighted by Gasteiger charge is 2.26. The second kappa shape index (κ2) is 10.6. The van der Waals surface area contributed by atoms with Crippen LogP contribution in [0.1, 0.15) is 52.6 Å². The number of aromatic amines is 1. The Kier molecular flexibility index (Phi) is 7.34. The smallest absolute Gasteiger partial charge is 0.329 e. The molecule has 0 aliphatic rings. The summed E-state index contributed by atoms with van der Waals surface area (Å²) in [6, 6.07) is 22.8. The molecule has 1 atom stereocenters. The van der Waals surface area contributed by atoms with Gasteiger partial charge in [-0.2, -0.15) is 0 Å². The Morgan fingerprint density at radius 1 is 0.861 bits per heavy atom. The molecule has 6 nitrogen and oxygen atoms in total. The van der Waals surface area contributed by atoms with Gasteiger partial charge >= 0.3 is 5.97 Å². The van der Waals surface area contributed by atoms with Crippen molar-refractivity contribution in [3.63, 3.8) is 0 Å². The lowest BCUT2D eigenvalue weighted by Gasteiger charge is -2.20. The molecule has 36 heavy (non-hydrogen) atoms. The lowest BCUT2D eigenvalue weighted by Crippen LogP contribution is -2.43. The molecule has 184 valence electrons. The number of nitrogens with one attached hydrogen (secondary N) is 2. The number of amides is 1. The van der Waals surface area contributed by atoms with E-state index in [1.807, 2.05) is 48.7 Å². The van der Waals surface area contributed by atoms with E-state index in [1.54, 1.807) is 36.4 Å². The molecule has 0 radical (unpaired) electrons. The van der Waals surface area contributed by atoms with E-state index in [9.17, 15) is 14.4 Å². The second-order valence-electron chi connectivity index (χ2n) is 9.81. The Balaban J connectivity index is 1.52. The molecule has 4 rings (SSSR count). The number of carbonyl (C=O) groups excluding carboxylic acids is 3. The second-order valence-corrected chi connectivity index (χ2v) is 9.81. The van der Waals surface area contributed by atoms with Crippen LogP contribution in [-0.2, 0) is 21.4 Å². The first-order valence-corrected chi connectivity index (χ1v) is 11.9. The van der Waals surface area contributed by atoms with Gasteiger partial charge in [0.25, 0.3) is 5.91 Å². The molecular weight excluding hydrogens is 452 g/mol. The Morgan fingerprint density at radius 2 is 1.53 bits per heavy atom. The van der Waals surface area contributed by atoms with Crippen LogP contribution in [0.3, 0.4) is 0 Å². The molecular formula is C30H30N2O4. The largest absolute Gasteiger partial charge is 0.456 e. The van der Waals surface area contributed by atoms with E-state index in [-0.39, 0.29) is 23.5 Å². The molecule has 0 saturated carbocycles. The number of ketones is 1. The molecule has 0 aliphatic heterocycles. The van der Waals surface area contributed by atoms with Crippen LogP contribution in [0, 0.1) is 0 Å². The lowest BCUT2D eigenvalue weighted by molar-refractivity contribution is -0.144. The zero-order valence-electron chi connectivity index (χ0n) is 20.7. The van der Waals surface area contributed by atoms with E-state index >= 15 is 0 Å². The highest BCUT2D eigenvalue weighted by Crippen LogP contribution is 2.23. The molecule has 0 fully saturated rings. The Hall–Kier alpha value is -4.19. The standard InChI is InChI=1S/C30H30N2O4/c1-30(2,3)23-15-13-21(14-16-23)28(34)32-26(17-22-18-31-25-12-8-7-11-24(22)25)29(35)36-19-27(33)20-9-5-4-6-10-20/h4-16,18,26,31H,17,19H2,1-3H3,(H,32,34)/t26-/m0/s1. The number of hydrogen-bond acceptors (Lipinski definition) is 4. The molecule has 1 aromatic heterocycles. The number of fused-ring (bicyclic) bond motifs is 1. The topological polar surface area (TPSA) is 88.3 Å². The van der Waals surface area contributed by atoms with Crippen molar-refractivity contribution in [2.75, 3.05) is 6.61 Å². The third kappa shape index (κ3) is 5.89. The number of esters is 1. The monoisotopic (exact) mass is 482 g/mol. The van der Waals surface area contributed by atoms with E-state index < -0.39 is 18.6 Å². The number of aromatic nitrogens is 1. The maximum atomic E-state index is 13.1. The molecule has 4 aromatic rings. The Bertz CT molecular complexity index is 1370. The summed E-state index contributed by atoms with van der Waals surface area (Å²) in [7, 11) is 0. The maximum Gasteiger partial charge on any atom is 0.329 e. The number of rotatable bonds is 8. The van der Waals surface area contributed by atoms with Crippen molar-refractivity contribution in [2.24, 2.45) is 0 Å². The van der Waals surface area contributed by atoms with E-state index in [1.165, 1.54) is 0 Å². The van der Waals surface area contributed by atoms with Gasteiger partial charge in [0, 0.05) is 34.6 Å². The third-order valence-electron chi connectivity index (χ3n) is 6.14. The van der Waals surface area contributed by atoms with Crippen molar-refractivity contribution >= 4 is 28.6 Å². The zero-order chi connectivity index (χ0) is 25.7. The number of para-hydroxylation sites is 1. The van der Waals surface area contributed by atoms with Crippen molar-refractivity contribution in [1.29, 1.82) is 0 Å². The Morgan fingerprint density at radius 3 is 2.22 bits per heavy atom. The molecule has 0 saturated heterocycles.